The average Bonchev–Trinajstić information content (AvgIpc) is 3.27. The molecule has 1 saturated heterocycles. The van der Waals surface area contributed by atoms with E-state index in [0.717, 1.165) is 18.8 Å². The molecule has 0 spiro atoms. The van der Waals surface area contributed by atoms with E-state index >= 15 is 0 Å². The lowest BCUT2D eigenvalue weighted by Gasteiger charge is -2.19. The number of hydrogen-bond donors (Lipinski definition) is 0. The number of rotatable bonds is 9. The maximum atomic E-state index is 5.63. The highest BCUT2D eigenvalue weighted by molar-refractivity contribution is 6.71. The van der Waals surface area contributed by atoms with Crippen LogP contribution in [0.5, 0.6) is 5.75 Å². The van der Waals surface area contributed by atoms with Gasteiger partial charge in [-0.25, -0.2) is 0 Å². The third-order valence-corrected chi connectivity index (χ3v) is 6.47. The SMILES string of the molecule is CO[Si](C)(C)CCCCc1ccc(OCC2CO2)cc1. The van der Waals surface area contributed by atoms with Gasteiger partial charge in [0.15, 0.2) is 8.32 Å². The molecule has 1 aliphatic heterocycles. The number of aryl methyl sites for hydroxylation is 1. The van der Waals surface area contributed by atoms with Crippen LogP contribution in [0.3, 0.4) is 0 Å². The predicted molar refractivity (Wildman–Crippen MR) is 83.9 cm³/mol. The lowest BCUT2D eigenvalue weighted by Crippen LogP contribution is -2.27. The lowest BCUT2D eigenvalue weighted by molar-refractivity contribution is 0.263. The number of unbranched alkanes of at least 4 members (excludes halogenated alkanes) is 1. The molecule has 4 heteroatoms. The molecule has 0 radical (unpaired) electrons. The van der Waals surface area contributed by atoms with Crippen LogP contribution < -0.4 is 4.74 Å². The molecule has 2 rings (SSSR count). The fraction of sp³-hybridized carbons (Fsp3) is 0.625. The molecule has 112 valence electrons. The fourth-order valence-corrected chi connectivity index (χ4v) is 3.39. The summed E-state index contributed by atoms with van der Waals surface area (Å²) in [5.41, 5.74) is 1.39. The molecule has 1 aromatic carbocycles. The summed E-state index contributed by atoms with van der Waals surface area (Å²) in [5, 5.41) is 0. The Bertz CT molecular complexity index is 399. The van der Waals surface area contributed by atoms with E-state index in [4.69, 9.17) is 13.9 Å². The summed E-state index contributed by atoms with van der Waals surface area (Å²) in [5.74, 6) is 0.942. The van der Waals surface area contributed by atoms with E-state index in [0.29, 0.717) is 12.7 Å². The molecule has 1 aliphatic rings. The van der Waals surface area contributed by atoms with Crippen LogP contribution in [0.25, 0.3) is 0 Å². The summed E-state index contributed by atoms with van der Waals surface area (Å²) >= 11 is 0. The smallest absolute Gasteiger partial charge is 0.186 e. The molecule has 3 nitrogen and oxygen atoms in total. The van der Waals surface area contributed by atoms with Crippen LogP contribution in [-0.4, -0.2) is 34.7 Å². The molecule has 0 amide bonds. The highest BCUT2D eigenvalue weighted by atomic mass is 28.4. The normalized spacial score (nSPS) is 18.1. The van der Waals surface area contributed by atoms with Gasteiger partial charge in [0.25, 0.3) is 0 Å². The molecular weight excluding hydrogens is 268 g/mol. The molecule has 20 heavy (non-hydrogen) atoms. The van der Waals surface area contributed by atoms with Gasteiger partial charge in [-0.05, 0) is 49.7 Å². The molecule has 0 bridgehead atoms. The quantitative estimate of drug-likeness (QED) is 0.396. The molecule has 0 saturated carbocycles. The van der Waals surface area contributed by atoms with Gasteiger partial charge in [-0.15, -0.1) is 0 Å². The number of epoxide rings is 1. The molecule has 0 N–H and O–H groups in total. The zero-order chi connectivity index (χ0) is 14.4. The van der Waals surface area contributed by atoms with Gasteiger partial charge in [-0.1, -0.05) is 18.6 Å². The minimum atomic E-state index is -1.37. The van der Waals surface area contributed by atoms with Crippen LogP contribution in [0.1, 0.15) is 18.4 Å². The second-order valence-corrected chi connectivity index (χ2v) is 10.5. The van der Waals surface area contributed by atoms with Gasteiger partial charge in [0.1, 0.15) is 18.5 Å². The Labute approximate surface area is 123 Å². The largest absolute Gasteiger partial charge is 0.491 e. The van der Waals surface area contributed by atoms with Gasteiger partial charge in [-0.3, -0.25) is 0 Å². The van der Waals surface area contributed by atoms with Crippen molar-refractivity contribution in [3.63, 3.8) is 0 Å². The monoisotopic (exact) mass is 294 g/mol. The van der Waals surface area contributed by atoms with Crippen molar-refractivity contribution < 1.29 is 13.9 Å². The second-order valence-electron chi connectivity index (χ2n) is 6.08. The topological polar surface area (TPSA) is 31.0 Å². The maximum Gasteiger partial charge on any atom is 0.186 e. The first-order chi connectivity index (χ1) is 9.59. The van der Waals surface area contributed by atoms with E-state index < -0.39 is 8.32 Å². The van der Waals surface area contributed by atoms with Crippen molar-refractivity contribution in [3.05, 3.63) is 29.8 Å². The van der Waals surface area contributed by atoms with Gasteiger partial charge in [0, 0.05) is 7.11 Å². The number of benzene rings is 1. The highest BCUT2D eigenvalue weighted by Crippen LogP contribution is 2.18. The summed E-state index contributed by atoms with van der Waals surface area (Å²) in [6, 6.07) is 9.70. The van der Waals surface area contributed by atoms with Crippen molar-refractivity contribution in [2.75, 3.05) is 20.3 Å². The Kier molecular flexibility index (Phi) is 5.63. The standard InChI is InChI=1S/C16H26O3Si/c1-17-20(2,3)11-5-4-6-14-7-9-15(10-8-14)18-12-16-13-19-16/h7-10,16H,4-6,11-13H2,1-3H3. The van der Waals surface area contributed by atoms with Crippen molar-refractivity contribution in [1.29, 1.82) is 0 Å². The van der Waals surface area contributed by atoms with Gasteiger partial charge in [-0.2, -0.15) is 0 Å². The van der Waals surface area contributed by atoms with Crippen molar-refractivity contribution in [2.45, 2.75) is 44.5 Å². The molecular formula is C16H26O3Si. The summed E-state index contributed by atoms with van der Waals surface area (Å²) < 4.78 is 16.3. The van der Waals surface area contributed by atoms with E-state index in [2.05, 4.69) is 37.4 Å². The Balaban J connectivity index is 1.65. The Hall–Kier alpha value is -0.843. The first-order valence-electron chi connectivity index (χ1n) is 7.47. The highest BCUT2D eigenvalue weighted by Gasteiger charge is 2.23. The van der Waals surface area contributed by atoms with E-state index in [-0.39, 0.29) is 0 Å². The molecule has 1 atom stereocenters. The van der Waals surface area contributed by atoms with Crippen molar-refractivity contribution in [2.24, 2.45) is 0 Å². The van der Waals surface area contributed by atoms with Crippen LogP contribution in [0.2, 0.25) is 19.1 Å². The van der Waals surface area contributed by atoms with Gasteiger partial charge < -0.3 is 13.9 Å². The lowest BCUT2D eigenvalue weighted by atomic mass is 10.1. The Morgan fingerprint density at radius 3 is 2.50 bits per heavy atom. The van der Waals surface area contributed by atoms with Crippen LogP contribution in [0.15, 0.2) is 24.3 Å². The second kappa shape index (κ2) is 7.25. The first kappa shape index (κ1) is 15.5. The Morgan fingerprint density at radius 2 is 1.90 bits per heavy atom. The molecule has 1 aromatic rings. The maximum absolute atomic E-state index is 5.63. The molecule has 0 aliphatic carbocycles. The minimum absolute atomic E-state index is 0.322. The van der Waals surface area contributed by atoms with Gasteiger partial charge >= 0.3 is 0 Å². The zero-order valence-electron chi connectivity index (χ0n) is 12.9. The minimum Gasteiger partial charge on any atom is -0.491 e. The molecule has 1 fully saturated rings. The van der Waals surface area contributed by atoms with E-state index in [1.54, 1.807) is 0 Å². The average molecular weight is 294 g/mol. The molecule has 1 unspecified atom stereocenters. The summed E-state index contributed by atoms with van der Waals surface area (Å²) in [6.45, 7) is 6.08. The number of hydrogen-bond acceptors (Lipinski definition) is 3. The van der Waals surface area contributed by atoms with Gasteiger partial charge in [0.05, 0.1) is 6.61 Å². The van der Waals surface area contributed by atoms with Crippen molar-refractivity contribution >= 4 is 8.32 Å². The third-order valence-electron chi connectivity index (χ3n) is 3.81. The van der Waals surface area contributed by atoms with Crippen LogP contribution in [0.4, 0.5) is 0 Å². The fourth-order valence-electron chi connectivity index (χ4n) is 2.09. The van der Waals surface area contributed by atoms with Crippen molar-refractivity contribution in [1.82, 2.24) is 0 Å². The van der Waals surface area contributed by atoms with Gasteiger partial charge in [0.2, 0.25) is 0 Å². The Morgan fingerprint density at radius 1 is 1.20 bits per heavy atom. The third kappa shape index (κ3) is 5.65. The summed E-state index contributed by atoms with van der Waals surface area (Å²) in [6.07, 6.45) is 3.95. The first-order valence-corrected chi connectivity index (χ1v) is 10.6. The zero-order valence-corrected chi connectivity index (χ0v) is 13.9. The molecule has 0 aromatic heterocycles. The van der Waals surface area contributed by atoms with Crippen LogP contribution >= 0.6 is 0 Å². The van der Waals surface area contributed by atoms with Crippen LogP contribution in [0, 0.1) is 0 Å². The van der Waals surface area contributed by atoms with E-state index in [1.807, 2.05) is 7.11 Å². The molecule has 1 heterocycles. The summed E-state index contributed by atoms with van der Waals surface area (Å²) in [4.78, 5) is 0. The predicted octanol–water partition coefficient (Wildman–Crippen LogP) is 3.64. The van der Waals surface area contributed by atoms with E-state index in [9.17, 15) is 0 Å². The van der Waals surface area contributed by atoms with Crippen molar-refractivity contribution in [3.8, 4) is 5.75 Å². The summed E-state index contributed by atoms with van der Waals surface area (Å²) in [7, 11) is 0.473. The number of ether oxygens (including phenoxy) is 2. The van der Waals surface area contributed by atoms with Crippen LogP contribution in [-0.2, 0) is 15.6 Å². The van der Waals surface area contributed by atoms with E-state index in [1.165, 1.54) is 24.4 Å².